The molecule has 1 spiro atoms. The molecule has 3 unspecified atom stereocenters. The number of aliphatic imine (C=N–C) groups is 1. The molecular weight excluding hydrogens is 218 g/mol. The van der Waals surface area contributed by atoms with E-state index < -0.39 is 5.54 Å². The maximum absolute atomic E-state index is 11.9. The van der Waals surface area contributed by atoms with Crippen LogP contribution >= 0.6 is 0 Å². The number of nitrogens with zero attached hydrogens (tertiary/aromatic N) is 2. The number of ether oxygens (including phenoxy) is 1. The number of rotatable bonds is 1. The van der Waals surface area contributed by atoms with Gasteiger partial charge in [-0.15, -0.1) is 6.42 Å². The van der Waals surface area contributed by atoms with Crippen LogP contribution in [0.1, 0.15) is 26.7 Å². The second-order valence-corrected chi connectivity index (χ2v) is 4.66. The zero-order chi connectivity index (χ0) is 12.6. The van der Waals surface area contributed by atoms with E-state index in [0.717, 1.165) is 0 Å². The van der Waals surface area contributed by atoms with E-state index in [4.69, 9.17) is 16.9 Å². The van der Waals surface area contributed by atoms with Gasteiger partial charge in [0.25, 0.3) is 0 Å². The van der Waals surface area contributed by atoms with Crippen molar-refractivity contribution < 1.29 is 9.53 Å². The molecule has 3 atom stereocenters. The minimum atomic E-state index is -0.541. The van der Waals surface area contributed by atoms with Gasteiger partial charge in [0, 0.05) is 19.4 Å². The first-order valence-electron chi connectivity index (χ1n) is 5.77. The third-order valence-corrected chi connectivity index (χ3v) is 3.53. The molecule has 17 heavy (non-hydrogen) atoms. The van der Waals surface area contributed by atoms with Crippen LogP contribution in [-0.2, 0) is 4.74 Å². The van der Waals surface area contributed by atoms with Crippen LogP contribution in [0.5, 0.6) is 0 Å². The van der Waals surface area contributed by atoms with Crippen LogP contribution in [0.15, 0.2) is 4.99 Å². The Bertz CT molecular complexity index is 412. The fraction of sp³-hybridized carbons (Fsp3) is 0.667. The smallest absolute Gasteiger partial charge is 0.347 e. The number of terminal acetylenes is 1. The van der Waals surface area contributed by atoms with Gasteiger partial charge >= 0.3 is 6.03 Å². The highest BCUT2D eigenvalue weighted by Gasteiger charge is 2.52. The normalized spacial score (nSPS) is 34.6. The standard InChI is InChI=1S/C12H17N3O2/c1-4-8(2)15-11(16)14-10(13)12(15)5-6-17-9(3)7-12/h1,8-9H,5-7H2,2-3H3,(H2,13,14,16). The molecule has 2 aliphatic rings. The number of nitrogens with two attached hydrogens (primary N) is 1. The molecule has 2 N–H and O–H groups in total. The molecule has 0 saturated carbocycles. The summed E-state index contributed by atoms with van der Waals surface area (Å²) in [7, 11) is 0. The number of carbonyl (C=O) groups excluding carboxylic acids is 1. The number of urea groups is 1. The Morgan fingerprint density at radius 2 is 2.47 bits per heavy atom. The first-order chi connectivity index (χ1) is 8.01. The maximum Gasteiger partial charge on any atom is 0.347 e. The lowest BCUT2D eigenvalue weighted by Crippen LogP contribution is -2.60. The number of hydrogen-bond donors (Lipinski definition) is 1. The van der Waals surface area contributed by atoms with E-state index in [1.165, 1.54) is 0 Å². The van der Waals surface area contributed by atoms with Crippen LogP contribution in [0.3, 0.4) is 0 Å². The molecule has 2 aliphatic heterocycles. The summed E-state index contributed by atoms with van der Waals surface area (Å²) in [5, 5.41) is 0. The lowest BCUT2D eigenvalue weighted by Gasteiger charge is -2.44. The summed E-state index contributed by atoms with van der Waals surface area (Å²) >= 11 is 0. The van der Waals surface area contributed by atoms with Gasteiger partial charge in [-0.1, -0.05) is 5.92 Å². The minimum absolute atomic E-state index is 0.0517. The summed E-state index contributed by atoms with van der Waals surface area (Å²) in [5.74, 6) is 2.95. The quantitative estimate of drug-likeness (QED) is 0.681. The average molecular weight is 235 g/mol. The monoisotopic (exact) mass is 235 g/mol. The molecule has 1 saturated heterocycles. The summed E-state index contributed by atoms with van der Waals surface area (Å²) in [4.78, 5) is 17.4. The molecule has 5 heteroatoms. The summed E-state index contributed by atoms with van der Waals surface area (Å²) in [6, 6.07) is -0.639. The average Bonchev–Trinajstić information content (AvgIpc) is 2.50. The molecule has 0 bridgehead atoms. The van der Waals surface area contributed by atoms with E-state index in [0.29, 0.717) is 25.3 Å². The van der Waals surface area contributed by atoms with Crippen LogP contribution < -0.4 is 5.73 Å². The van der Waals surface area contributed by atoms with Gasteiger partial charge in [0.1, 0.15) is 11.4 Å². The third kappa shape index (κ3) is 1.69. The van der Waals surface area contributed by atoms with E-state index in [1.807, 2.05) is 13.8 Å². The Balaban J connectivity index is 2.38. The number of amides is 2. The third-order valence-electron chi connectivity index (χ3n) is 3.53. The zero-order valence-electron chi connectivity index (χ0n) is 10.1. The summed E-state index contributed by atoms with van der Waals surface area (Å²) < 4.78 is 5.51. The van der Waals surface area contributed by atoms with Gasteiger partial charge in [0.2, 0.25) is 0 Å². The Morgan fingerprint density at radius 1 is 1.76 bits per heavy atom. The fourth-order valence-corrected chi connectivity index (χ4v) is 2.70. The summed E-state index contributed by atoms with van der Waals surface area (Å²) in [6.07, 6.45) is 6.78. The van der Waals surface area contributed by atoms with Crippen molar-refractivity contribution >= 4 is 11.9 Å². The first-order valence-corrected chi connectivity index (χ1v) is 5.77. The summed E-state index contributed by atoms with van der Waals surface area (Å²) in [5.41, 5.74) is 5.40. The zero-order valence-corrected chi connectivity index (χ0v) is 10.1. The predicted octanol–water partition coefficient (Wildman–Crippen LogP) is 0.739. The van der Waals surface area contributed by atoms with Crippen LogP contribution in [0.25, 0.3) is 0 Å². The second-order valence-electron chi connectivity index (χ2n) is 4.66. The van der Waals surface area contributed by atoms with Crippen LogP contribution in [0.2, 0.25) is 0 Å². The van der Waals surface area contributed by atoms with Crippen molar-refractivity contribution in [2.24, 2.45) is 10.7 Å². The second kappa shape index (κ2) is 4.04. The molecule has 92 valence electrons. The highest BCUT2D eigenvalue weighted by Crippen LogP contribution is 2.36. The van der Waals surface area contributed by atoms with Crippen molar-refractivity contribution in [3.8, 4) is 12.3 Å². The van der Waals surface area contributed by atoms with E-state index in [2.05, 4.69) is 10.9 Å². The molecule has 2 amide bonds. The highest BCUT2D eigenvalue weighted by atomic mass is 16.5. The van der Waals surface area contributed by atoms with Gasteiger partial charge in [-0.2, -0.15) is 4.99 Å². The largest absolute Gasteiger partial charge is 0.385 e. The highest BCUT2D eigenvalue weighted by molar-refractivity contribution is 6.06. The van der Waals surface area contributed by atoms with E-state index in [1.54, 1.807) is 4.90 Å². The van der Waals surface area contributed by atoms with Gasteiger partial charge < -0.3 is 10.5 Å². The van der Waals surface area contributed by atoms with Crippen LogP contribution in [0.4, 0.5) is 4.79 Å². The van der Waals surface area contributed by atoms with Crippen molar-refractivity contribution in [2.45, 2.75) is 44.4 Å². The topological polar surface area (TPSA) is 67.9 Å². The Hall–Kier alpha value is -1.54. The van der Waals surface area contributed by atoms with E-state index in [-0.39, 0.29) is 18.2 Å². The molecule has 0 aromatic rings. The molecule has 2 rings (SSSR count). The fourth-order valence-electron chi connectivity index (χ4n) is 2.70. The predicted molar refractivity (Wildman–Crippen MR) is 64.5 cm³/mol. The van der Waals surface area contributed by atoms with E-state index in [9.17, 15) is 4.79 Å². The van der Waals surface area contributed by atoms with Crippen molar-refractivity contribution in [1.29, 1.82) is 0 Å². The summed E-state index contributed by atoms with van der Waals surface area (Å²) in [6.45, 7) is 4.35. The maximum atomic E-state index is 11.9. The van der Waals surface area contributed by atoms with Gasteiger partial charge in [-0.3, -0.25) is 4.90 Å². The van der Waals surface area contributed by atoms with Crippen LogP contribution in [-0.4, -0.2) is 41.1 Å². The number of amidine groups is 1. The van der Waals surface area contributed by atoms with E-state index >= 15 is 0 Å². The number of hydrogen-bond acceptors (Lipinski definition) is 3. The molecule has 5 nitrogen and oxygen atoms in total. The molecule has 2 heterocycles. The molecule has 1 fully saturated rings. The lowest BCUT2D eigenvalue weighted by molar-refractivity contribution is -0.0268. The Labute approximate surface area is 101 Å². The Kier molecular flexibility index (Phi) is 2.84. The van der Waals surface area contributed by atoms with Gasteiger partial charge in [0.15, 0.2) is 0 Å². The van der Waals surface area contributed by atoms with Gasteiger partial charge in [-0.25, -0.2) is 4.79 Å². The van der Waals surface area contributed by atoms with Crippen molar-refractivity contribution in [3.05, 3.63) is 0 Å². The lowest BCUT2D eigenvalue weighted by atomic mass is 9.84. The Morgan fingerprint density at radius 3 is 3.06 bits per heavy atom. The van der Waals surface area contributed by atoms with Crippen molar-refractivity contribution in [2.75, 3.05) is 6.61 Å². The molecule has 0 aromatic carbocycles. The SMILES string of the molecule is C#CC(C)N1C(=O)N=C(N)C12CCOC(C)C2. The number of carbonyl (C=O) groups is 1. The van der Waals surface area contributed by atoms with Crippen molar-refractivity contribution in [3.63, 3.8) is 0 Å². The van der Waals surface area contributed by atoms with Crippen LogP contribution in [0, 0.1) is 12.3 Å². The molecule has 0 aliphatic carbocycles. The van der Waals surface area contributed by atoms with Gasteiger partial charge in [-0.05, 0) is 13.8 Å². The first kappa shape index (κ1) is 11.9. The van der Waals surface area contributed by atoms with Crippen molar-refractivity contribution in [1.82, 2.24) is 4.90 Å². The molecule has 0 radical (unpaired) electrons. The molecule has 0 aromatic heterocycles. The molecular formula is C12H17N3O2. The van der Waals surface area contributed by atoms with Gasteiger partial charge in [0.05, 0.1) is 12.1 Å². The minimum Gasteiger partial charge on any atom is -0.385 e.